The summed E-state index contributed by atoms with van der Waals surface area (Å²) in [6.07, 6.45) is 5.97. The number of carbonyl (C=O) groups excluding carboxylic acids is 1. The molecule has 2 atom stereocenters. The van der Waals surface area contributed by atoms with E-state index in [0.717, 1.165) is 12.1 Å². The van der Waals surface area contributed by atoms with Gasteiger partial charge in [0.2, 0.25) is 0 Å². The Morgan fingerprint density at radius 2 is 2.35 bits per heavy atom. The van der Waals surface area contributed by atoms with E-state index in [1.807, 2.05) is 30.0 Å². The third-order valence-corrected chi connectivity index (χ3v) is 4.23. The van der Waals surface area contributed by atoms with Crippen LogP contribution in [-0.4, -0.2) is 53.2 Å². The summed E-state index contributed by atoms with van der Waals surface area (Å²) in [5.41, 5.74) is 1.58. The van der Waals surface area contributed by atoms with Gasteiger partial charge < -0.3 is 19.4 Å². The van der Waals surface area contributed by atoms with Gasteiger partial charge in [0.05, 0.1) is 23.9 Å². The Hall–Kier alpha value is -2.34. The highest BCUT2D eigenvalue weighted by atomic mass is 16.5. The van der Waals surface area contributed by atoms with Crippen molar-refractivity contribution in [1.29, 1.82) is 0 Å². The molecule has 2 aromatic heterocycles. The minimum absolute atomic E-state index is 0.0121. The van der Waals surface area contributed by atoms with E-state index in [4.69, 9.17) is 9.47 Å². The lowest BCUT2D eigenvalue weighted by Gasteiger charge is -2.24. The van der Waals surface area contributed by atoms with Gasteiger partial charge in [-0.3, -0.25) is 9.78 Å². The van der Waals surface area contributed by atoms with Crippen LogP contribution in [0.3, 0.4) is 0 Å². The number of likely N-dealkylation sites (tertiary alicyclic amines) is 1. The molecule has 1 aliphatic rings. The van der Waals surface area contributed by atoms with Crippen LogP contribution in [0, 0.1) is 6.92 Å². The Balaban J connectivity index is 1.71. The normalized spacial score (nSPS) is 20.7. The van der Waals surface area contributed by atoms with Gasteiger partial charge in [-0.15, -0.1) is 0 Å². The lowest BCUT2D eigenvalue weighted by atomic mass is 10.2. The first-order chi connectivity index (χ1) is 11.2. The van der Waals surface area contributed by atoms with E-state index in [9.17, 15) is 4.79 Å². The number of amides is 1. The van der Waals surface area contributed by atoms with E-state index in [2.05, 4.69) is 9.97 Å². The first kappa shape index (κ1) is 15.6. The summed E-state index contributed by atoms with van der Waals surface area (Å²) in [7, 11) is 1.68. The highest BCUT2D eigenvalue weighted by Crippen LogP contribution is 2.24. The Morgan fingerprint density at radius 3 is 3.00 bits per heavy atom. The minimum Gasteiger partial charge on any atom is -0.490 e. The van der Waals surface area contributed by atoms with Crippen molar-refractivity contribution in [2.24, 2.45) is 0 Å². The average Bonchev–Trinajstić information content (AvgIpc) is 3.19. The number of hydrogen-bond donors (Lipinski definition) is 1. The monoisotopic (exact) mass is 315 g/mol. The highest BCUT2D eigenvalue weighted by Gasteiger charge is 2.36. The topological polar surface area (TPSA) is 67.5 Å². The van der Waals surface area contributed by atoms with Crippen LogP contribution in [0.25, 0.3) is 0 Å². The van der Waals surface area contributed by atoms with Gasteiger partial charge in [0.1, 0.15) is 12.4 Å². The molecule has 1 aliphatic heterocycles. The van der Waals surface area contributed by atoms with E-state index in [-0.39, 0.29) is 18.1 Å². The molecule has 2 aromatic rings. The zero-order valence-corrected chi connectivity index (χ0v) is 13.4. The fourth-order valence-electron chi connectivity index (χ4n) is 2.92. The molecule has 23 heavy (non-hydrogen) atoms. The number of aromatic amines is 1. The standard InChI is InChI=1S/C17H21N3O3/c1-12-16(5-7-19-12)17(21)20-10-15(22-2)8-13(20)11-23-14-4-3-6-18-9-14/h3-7,9,13,15,19H,8,10-11H2,1-2H3/t13-,15+/m0/s1. The number of aromatic nitrogens is 2. The van der Waals surface area contributed by atoms with Crippen molar-refractivity contribution in [3.05, 3.63) is 48.0 Å². The van der Waals surface area contributed by atoms with Gasteiger partial charge in [-0.2, -0.15) is 0 Å². The largest absolute Gasteiger partial charge is 0.490 e. The number of ether oxygens (including phenoxy) is 2. The molecule has 0 aliphatic carbocycles. The molecule has 1 saturated heterocycles. The van der Waals surface area contributed by atoms with E-state index < -0.39 is 0 Å². The van der Waals surface area contributed by atoms with Gasteiger partial charge >= 0.3 is 0 Å². The Labute approximate surface area is 135 Å². The molecule has 122 valence electrons. The van der Waals surface area contributed by atoms with Crippen molar-refractivity contribution >= 4 is 5.91 Å². The number of nitrogens with zero attached hydrogens (tertiary/aromatic N) is 2. The fraction of sp³-hybridized carbons (Fsp3) is 0.412. The number of H-pyrrole nitrogens is 1. The number of aryl methyl sites for hydroxylation is 1. The van der Waals surface area contributed by atoms with E-state index in [0.29, 0.717) is 24.5 Å². The second-order valence-corrected chi connectivity index (χ2v) is 5.72. The van der Waals surface area contributed by atoms with Crippen LogP contribution >= 0.6 is 0 Å². The van der Waals surface area contributed by atoms with Crippen molar-refractivity contribution in [1.82, 2.24) is 14.9 Å². The number of methoxy groups -OCH3 is 1. The smallest absolute Gasteiger partial charge is 0.256 e. The maximum atomic E-state index is 12.8. The molecule has 1 amide bonds. The van der Waals surface area contributed by atoms with Crippen LogP contribution in [0.2, 0.25) is 0 Å². The molecule has 1 N–H and O–H groups in total. The molecule has 6 heteroatoms. The summed E-state index contributed by atoms with van der Waals surface area (Å²) in [4.78, 5) is 21.7. The predicted octanol–water partition coefficient (Wildman–Crippen LogP) is 2.03. The first-order valence-electron chi connectivity index (χ1n) is 7.69. The van der Waals surface area contributed by atoms with Crippen molar-refractivity contribution in [2.75, 3.05) is 20.3 Å². The quantitative estimate of drug-likeness (QED) is 0.917. The highest BCUT2D eigenvalue weighted by molar-refractivity contribution is 5.95. The molecule has 1 fully saturated rings. The second kappa shape index (κ2) is 6.83. The lowest BCUT2D eigenvalue weighted by molar-refractivity contribution is 0.0657. The SMILES string of the molecule is CO[C@@H]1C[C@@H](COc2cccnc2)N(C(=O)c2cc[nH]c2C)C1. The summed E-state index contributed by atoms with van der Waals surface area (Å²) in [5, 5.41) is 0. The summed E-state index contributed by atoms with van der Waals surface area (Å²) in [5.74, 6) is 0.724. The molecule has 0 radical (unpaired) electrons. The molecular formula is C17H21N3O3. The molecular weight excluding hydrogens is 294 g/mol. The summed E-state index contributed by atoms with van der Waals surface area (Å²) in [6.45, 7) is 2.92. The van der Waals surface area contributed by atoms with Crippen LogP contribution in [0.15, 0.2) is 36.8 Å². The third kappa shape index (κ3) is 3.37. The number of carbonyl (C=O) groups is 1. The van der Waals surface area contributed by atoms with Crippen molar-refractivity contribution in [2.45, 2.75) is 25.5 Å². The van der Waals surface area contributed by atoms with Crippen molar-refractivity contribution < 1.29 is 14.3 Å². The summed E-state index contributed by atoms with van der Waals surface area (Å²) in [6, 6.07) is 5.49. The zero-order chi connectivity index (χ0) is 16.2. The van der Waals surface area contributed by atoms with Gasteiger partial charge in [0, 0.05) is 31.7 Å². The molecule has 0 unspecified atom stereocenters. The predicted molar refractivity (Wildman–Crippen MR) is 85.5 cm³/mol. The van der Waals surface area contributed by atoms with Gasteiger partial charge in [-0.05, 0) is 31.5 Å². The minimum atomic E-state index is -0.0121. The van der Waals surface area contributed by atoms with Gasteiger partial charge in [0.25, 0.3) is 5.91 Å². The second-order valence-electron chi connectivity index (χ2n) is 5.72. The maximum absolute atomic E-state index is 12.8. The fourth-order valence-corrected chi connectivity index (χ4v) is 2.92. The first-order valence-corrected chi connectivity index (χ1v) is 7.69. The number of hydrogen-bond acceptors (Lipinski definition) is 4. The Morgan fingerprint density at radius 1 is 1.48 bits per heavy atom. The van der Waals surface area contributed by atoms with E-state index >= 15 is 0 Å². The van der Waals surface area contributed by atoms with Crippen LogP contribution in [0.1, 0.15) is 22.5 Å². The third-order valence-electron chi connectivity index (χ3n) is 4.23. The van der Waals surface area contributed by atoms with E-state index in [1.54, 1.807) is 25.7 Å². The molecule has 6 nitrogen and oxygen atoms in total. The lowest BCUT2D eigenvalue weighted by Crippen LogP contribution is -2.39. The average molecular weight is 315 g/mol. The molecule has 0 saturated carbocycles. The number of rotatable bonds is 5. The summed E-state index contributed by atoms with van der Waals surface area (Å²) < 4.78 is 11.2. The van der Waals surface area contributed by atoms with Crippen LogP contribution in [-0.2, 0) is 4.74 Å². The number of pyridine rings is 1. The van der Waals surface area contributed by atoms with Gasteiger partial charge in [-0.1, -0.05) is 0 Å². The van der Waals surface area contributed by atoms with Gasteiger partial charge in [-0.25, -0.2) is 0 Å². The Bertz CT molecular complexity index is 656. The van der Waals surface area contributed by atoms with Crippen molar-refractivity contribution in [3.8, 4) is 5.75 Å². The molecule has 0 spiro atoms. The zero-order valence-electron chi connectivity index (χ0n) is 13.4. The Kier molecular flexibility index (Phi) is 4.62. The van der Waals surface area contributed by atoms with Crippen molar-refractivity contribution in [3.63, 3.8) is 0 Å². The number of nitrogens with one attached hydrogen (secondary N) is 1. The molecule has 0 aromatic carbocycles. The molecule has 3 rings (SSSR count). The maximum Gasteiger partial charge on any atom is 0.256 e. The van der Waals surface area contributed by atoms with Crippen LogP contribution in [0.4, 0.5) is 0 Å². The molecule has 0 bridgehead atoms. The molecule has 3 heterocycles. The van der Waals surface area contributed by atoms with Crippen LogP contribution < -0.4 is 4.74 Å². The van der Waals surface area contributed by atoms with Gasteiger partial charge in [0.15, 0.2) is 0 Å². The van der Waals surface area contributed by atoms with Crippen LogP contribution in [0.5, 0.6) is 5.75 Å². The van der Waals surface area contributed by atoms with E-state index in [1.165, 1.54) is 0 Å². The summed E-state index contributed by atoms with van der Waals surface area (Å²) >= 11 is 0.